The molecule has 0 bridgehead atoms. The lowest BCUT2D eigenvalue weighted by molar-refractivity contribution is 0.313. The van der Waals surface area contributed by atoms with Crippen LogP contribution in [0, 0.1) is 10.8 Å². The van der Waals surface area contributed by atoms with Gasteiger partial charge in [0, 0.05) is 6.04 Å². The molecular weight excluding hydrogens is 192 g/mol. The van der Waals surface area contributed by atoms with E-state index in [1.165, 1.54) is 0 Å². The van der Waals surface area contributed by atoms with E-state index in [1.54, 1.807) is 0 Å². The van der Waals surface area contributed by atoms with Crippen molar-refractivity contribution >= 4 is 16.5 Å². The van der Waals surface area contributed by atoms with Gasteiger partial charge >= 0.3 is 0 Å². The summed E-state index contributed by atoms with van der Waals surface area (Å²) in [6, 6.07) is -0.458. The fraction of sp³-hybridized carbons (Fsp3) is 0.857. The van der Waals surface area contributed by atoms with Gasteiger partial charge in [-0.05, 0) is 5.41 Å². The Balaban J connectivity index is 4.54. The molecule has 0 unspecified atom stereocenters. The molecule has 0 heterocycles. The summed E-state index contributed by atoms with van der Waals surface area (Å²) in [5.41, 5.74) is -0.326. The second kappa shape index (κ2) is 4.06. The van der Waals surface area contributed by atoms with Crippen molar-refractivity contribution in [3.05, 3.63) is 0 Å². The highest BCUT2D eigenvalue weighted by molar-refractivity contribution is 7.85. The van der Waals surface area contributed by atoms with Gasteiger partial charge in [-0.1, -0.05) is 20.8 Å². The molecule has 0 fully saturated rings. The Morgan fingerprint density at radius 3 is 2.23 bits per heavy atom. The molecule has 0 aromatic rings. The largest absolute Gasteiger partial charge is 0.372 e. The molecule has 0 saturated carbocycles. The second-order valence-electron chi connectivity index (χ2n) is 3.98. The molecule has 0 aliphatic rings. The molecule has 13 heavy (non-hydrogen) atoms. The highest BCUT2D eigenvalue weighted by Gasteiger charge is 2.27. The molecule has 0 aliphatic carbocycles. The number of hydrogen-bond donors (Lipinski definition) is 3. The van der Waals surface area contributed by atoms with E-state index in [2.05, 4.69) is 5.32 Å². The molecule has 1 atom stereocenters. The van der Waals surface area contributed by atoms with Gasteiger partial charge in [-0.25, -0.2) is 0 Å². The SMILES string of the molecule is CC(C)(C)[C@@H](CS(=O)(=O)O)NC=N. The van der Waals surface area contributed by atoms with Gasteiger partial charge in [-0.3, -0.25) is 9.96 Å². The lowest BCUT2D eigenvalue weighted by Crippen LogP contribution is -2.44. The maximum Gasteiger partial charge on any atom is 0.266 e. The average Bonchev–Trinajstić information content (AvgIpc) is 1.81. The lowest BCUT2D eigenvalue weighted by Gasteiger charge is -2.29. The van der Waals surface area contributed by atoms with E-state index in [1.807, 2.05) is 20.8 Å². The molecule has 0 aromatic heterocycles. The Kier molecular flexibility index (Phi) is 3.87. The summed E-state index contributed by atoms with van der Waals surface area (Å²) in [4.78, 5) is 0. The molecule has 0 amide bonds. The van der Waals surface area contributed by atoms with E-state index in [-0.39, 0.29) is 11.2 Å². The van der Waals surface area contributed by atoms with Crippen LogP contribution in [-0.2, 0) is 10.1 Å². The van der Waals surface area contributed by atoms with Crippen molar-refractivity contribution in [3.8, 4) is 0 Å². The minimum Gasteiger partial charge on any atom is -0.372 e. The molecular formula is C7H16N2O3S. The van der Waals surface area contributed by atoms with Gasteiger partial charge in [-0.15, -0.1) is 0 Å². The van der Waals surface area contributed by atoms with Crippen LogP contribution in [0.3, 0.4) is 0 Å². The van der Waals surface area contributed by atoms with Crippen molar-refractivity contribution in [2.45, 2.75) is 26.8 Å². The zero-order valence-electron chi connectivity index (χ0n) is 8.03. The minimum atomic E-state index is -3.99. The third kappa shape index (κ3) is 5.59. The molecule has 0 saturated heterocycles. The maximum atomic E-state index is 10.6. The van der Waals surface area contributed by atoms with E-state index < -0.39 is 16.2 Å². The molecule has 0 radical (unpaired) electrons. The average molecular weight is 208 g/mol. The predicted octanol–water partition coefficient (Wildman–Crippen LogP) is 0.486. The Morgan fingerprint density at radius 1 is 1.54 bits per heavy atom. The quantitative estimate of drug-likeness (QED) is 0.356. The first-order chi connectivity index (χ1) is 5.67. The van der Waals surface area contributed by atoms with E-state index in [9.17, 15) is 8.42 Å². The van der Waals surface area contributed by atoms with Crippen LogP contribution in [0.4, 0.5) is 0 Å². The predicted molar refractivity (Wildman–Crippen MR) is 51.6 cm³/mol. The van der Waals surface area contributed by atoms with Crippen molar-refractivity contribution in [3.63, 3.8) is 0 Å². The highest BCUT2D eigenvalue weighted by Crippen LogP contribution is 2.19. The molecule has 6 heteroatoms. The van der Waals surface area contributed by atoms with Crippen molar-refractivity contribution in [1.29, 1.82) is 5.41 Å². The molecule has 0 spiro atoms. The van der Waals surface area contributed by atoms with Gasteiger partial charge in [-0.2, -0.15) is 8.42 Å². The van der Waals surface area contributed by atoms with Crippen molar-refractivity contribution in [2.75, 3.05) is 5.75 Å². The summed E-state index contributed by atoms with van der Waals surface area (Å²) in [6.45, 7) is 5.50. The standard InChI is InChI=1S/C7H16N2O3S/c1-7(2,3)6(9-5-8)4-13(10,11)12/h5-6H,4H2,1-3H3,(H2,8,9)(H,10,11,12)/t6-/m1/s1. The Morgan fingerprint density at radius 2 is 2.00 bits per heavy atom. The molecule has 3 N–H and O–H groups in total. The summed E-state index contributed by atoms with van der Waals surface area (Å²) in [5, 5.41) is 9.39. The number of hydrogen-bond acceptors (Lipinski definition) is 3. The Bertz CT molecular complexity index is 266. The minimum absolute atomic E-state index is 0.326. The van der Waals surface area contributed by atoms with Crippen molar-refractivity contribution in [1.82, 2.24) is 5.32 Å². The van der Waals surface area contributed by atoms with Crippen LogP contribution >= 0.6 is 0 Å². The molecule has 0 aliphatic heterocycles. The summed E-state index contributed by atoms with van der Waals surface area (Å²) in [5.74, 6) is -0.383. The fourth-order valence-electron chi connectivity index (χ4n) is 0.859. The monoisotopic (exact) mass is 208 g/mol. The third-order valence-corrected chi connectivity index (χ3v) is 2.46. The van der Waals surface area contributed by atoms with Crippen LogP contribution in [0.25, 0.3) is 0 Å². The van der Waals surface area contributed by atoms with E-state index in [0.29, 0.717) is 0 Å². The van der Waals surface area contributed by atoms with Gasteiger partial charge in [0.1, 0.15) is 0 Å². The van der Waals surface area contributed by atoms with Crippen molar-refractivity contribution < 1.29 is 13.0 Å². The molecule has 0 rings (SSSR count). The Hall–Kier alpha value is -0.620. The van der Waals surface area contributed by atoms with Gasteiger partial charge in [0.2, 0.25) is 0 Å². The van der Waals surface area contributed by atoms with Gasteiger partial charge < -0.3 is 5.32 Å². The molecule has 0 aromatic carbocycles. The summed E-state index contributed by atoms with van der Waals surface area (Å²) < 4.78 is 29.8. The number of rotatable bonds is 4. The summed E-state index contributed by atoms with van der Waals surface area (Å²) >= 11 is 0. The first-order valence-electron chi connectivity index (χ1n) is 3.87. The van der Waals surface area contributed by atoms with Gasteiger partial charge in [0.25, 0.3) is 10.1 Å². The lowest BCUT2D eigenvalue weighted by atomic mass is 9.88. The van der Waals surface area contributed by atoms with Crippen LogP contribution < -0.4 is 5.32 Å². The zero-order valence-corrected chi connectivity index (χ0v) is 8.85. The van der Waals surface area contributed by atoms with E-state index >= 15 is 0 Å². The Labute approximate surface area is 78.8 Å². The first-order valence-corrected chi connectivity index (χ1v) is 5.48. The number of nitrogens with one attached hydrogen (secondary N) is 2. The van der Waals surface area contributed by atoms with Crippen LogP contribution in [-0.4, -0.2) is 31.1 Å². The summed E-state index contributed by atoms with van der Waals surface area (Å²) in [6.07, 6.45) is 0.932. The molecule has 5 nitrogen and oxygen atoms in total. The van der Waals surface area contributed by atoms with Crippen LogP contribution in [0.15, 0.2) is 0 Å². The zero-order chi connectivity index (χ0) is 10.7. The topological polar surface area (TPSA) is 90.2 Å². The van der Waals surface area contributed by atoms with Gasteiger partial charge in [0.05, 0.1) is 12.1 Å². The van der Waals surface area contributed by atoms with Crippen LogP contribution in [0.5, 0.6) is 0 Å². The van der Waals surface area contributed by atoms with Crippen molar-refractivity contribution in [2.24, 2.45) is 5.41 Å². The second-order valence-corrected chi connectivity index (χ2v) is 5.48. The highest BCUT2D eigenvalue weighted by atomic mass is 32.2. The molecule has 78 valence electrons. The first kappa shape index (κ1) is 12.4. The summed E-state index contributed by atoms with van der Waals surface area (Å²) in [7, 11) is -3.99. The van der Waals surface area contributed by atoms with Crippen LogP contribution in [0.2, 0.25) is 0 Å². The maximum absolute atomic E-state index is 10.6. The fourth-order valence-corrected chi connectivity index (χ4v) is 1.88. The third-order valence-electron chi connectivity index (χ3n) is 1.71. The van der Waals surface area contributed by atoms with E-state index in [0.717, 1.165) is 6.34 Å². The van der Waals surface area contributed by atoms with E-state index in [4.69, 9.17) is 9.96 Å². The van der Waals surface area contributed by atoms with Crippen LogP contribution in [0.1, 0.15) is 20.8 Å². The normalized spacial score (nSPS) is 15.1. The smallest absolute Gasteiger partial charge is 0.266 e. The van der Waals surface area contributed by atoms with Gasteiger partial charge in [0.15, 0.2) is 0 Å².